The number of ether oxygens (including phenoxy) is 2. The molecule has 1 fully saturated rings. The first kappa shape index (κ1) is 11.0. The predicted molar refractivity (Wildman–Crippen MR) is 50.3 cm³/mol. The van der Waals surface area contributed by atoms with E-state index in [4.69, 9.17) is 14.6 Å². The van der Waals surface area contributed by atoms with Gasteiger partial charge in [0.15, 0.2) is 6.29 Å². The van der Waals surface area contributed by atoms with Crippen molar-refractivity contribution in [3.8, 4) is 0 Å². The van der Waals surface area contributed by atoms with E-state index in [0.717, 1.165) is 12.8 Å². The highest BCUT2D eigenvalue weighted by Crippen LogP contribution is 2.23. The van der Waals surface area contributed by atoms with Gasteiger partial charge in [0.1, 0.15) is 0 Å². The molecule has 1 aliphatic rings. The fraction of sp³-hybridized carbons (Fsp3) is 1.00. The van der Waals surface area contributed by atoms with Crippen LogP contribution < -0.4 is 0 Å². The summed E-state index contributed by atoms with van der Waals surface area (Å²) in [5.74, 6) is 1.09. The maximum absolute atomic E-state index is 8.88. The highest BCUT2D eigenvalue weighted by Gasteiger charge is 2.22. The van der Waals surface area contributed by atoms with Crippen molar-refractivity contribution in [2.24, 2.45) is 11.8 Å². The Labute approximate surface area is 80.0 Å². The Kier molecular flexibility index (Phi) is 4.70. The number of hydrogen-bond donors (Lipinski definition) is 1. The highest BCUT2D eigenvalue weighted by molar-refractivity contribution is 4.66. The monoisotopic (exact) mass is 188 g/mol. The summed E-state index contributed by atoms with van der Waals surface area (Å²) in [5, 5.41) is 8.88. The zero-order valence-corrected chi connectivity index (χ0v) is 8.53. The highest BCUT2D eigenvalue weighted by atomic mass is 16.7. The Bertz CT molecular complexity index is 130. The van der Waals surface area contributed by atoms with E-state index in [1.165, 1.54) is 0 Å². The fourth-order valence-corrected chi connectivity index (χ4v) is 1.68. The van der Waals surface area contributed by atoms with Crippen molar-refractivity contribution in [1.82, 2.24) is 0 Å². The molecule has 0 aromatic heterocycles. The molecule has 0 aromatic carbocycles. The Morgan fingerprint density at radius 2 is 1.92 bits per heavy atom. The molecule has 1 unspecified atom stereocenters. The summed E-state index contributed by atoms with van der Waals surface area (Å²) in [6, 6.07) is 0. The van der Waals surface area contributed by atoms with Crippen molar-refractivity contribution in [1.29, 1.82) is 0 Å². The smallest absolute Gasteiger partial charge is 0.158 e. The van der Waals surface area contributed by atoms with Gasteiger partial charge in [-0.3, -0.25) is 0 Å². The van der Waals surface area contributed by atoms with Crippen molar-refractivity contribution in [3.63, 3.8) is 0 Å². The molecule has 1 heterocycles. The predicted octanol–water partition coefficient (Wildman–Crippen LogP) is 1.40. The molecule has 0 aromatic rings. The third-order valence-electron chi connectivity index (χ3n) is 2.63. The Morgan fingerprint density at radius 3 is 2.38 bits per heavy atom. The molecule has 13 heavy (non-hydrogen) atoms. The topological polar surface area (TPSA) is 38.7 Å². The van der Waals surface area contributed by atoms with Crippen LogP contribution in [-0.2, 0) is 9.47 Å². The lowest BCUT2D eigenvalue weighted by atomic mass is 9.89. The van der Waals surface area contributed by atoms with E-state index < -0.39 is 0 Å². The van der Waals surface area contributed by atoms with Gasteiger partial charge in [0, 0.05) is 13.0 Å². The molecule has 1 saturated heterocycles. The molecule has 0 aliphatic carbocycles. The van der Waals surface area contributed by atoms with Gasteiger partial charge in [0.25, 0.3) is 0 Å². The number of aliphatic hydroxyl groups is 1. The van der Waals surface area contributed by atoms with Crippen LogP contribution in [0.2, 0.25) is 0 Å². The molecule has 1 aliphatic heterocycles. The molecule has 0 bridgehead atoms. The maximum atomic E-state index is 8.88. The van der Waals surface area contributed by atoms with Crippen LogP contribution in [0.3, 0.4) is 0 Å². The molecule has 1 atom stereocenters. The minimum absolute atomic E-state index is 0.0288. The quantitative estimate of drug-likeness (QED) is 0.709. The van der Waals surface area contributed by atoms with Gasteiger partial charge in [-0.05, 0) is 18.3 Å². The van der Waals surface area contributed by atoms with E-state index in [1.807, 2.05) is 0 Å². The van der Waals surface area contributed by atoms with Crippen molar-refractivity contribution in [3.05, 3.63) is 0 Å². The second kappa shape index (κ2) is 5.58. The first-order chi connectivity index (χ1) is 6.24. The molecule has 1 rings (SSSR count). The normalized spacial score (nSPS) is 21.2. The van der Waals surface area contributed by atoms with Crippen LogP contribution >= 0.6 is 0 Å². The van der Waals surface area contributed by atoms with Crippen LogP contribution in [0.25, 0.3) is 0 Å². The number of hydrogen-bond acceptors (Lipinski definition) is 3. The van der Waals surface area contributed by atoms with Gasteiger partial charge in [0.2, 0.25) is 0 Å². The standard InChI is InChI=1S/C10H20O3/c1-8(2)9(3-4-11)7-10-12-5-6-13-10/h8-11H,3-7H2,1-2H3. The minimum Gasteiger partial charge on any atom is -0.396 e. The molecule has 3 nitrogen and oxygen atoms in total. The first-order valence-corrected chi connectivity index (χ1v) is 5.08. The summed E-state index contributed by atoms with van der Waals surface area (Å²) in [7, 11) is 0. The first-order valence-electron chi connectivity index (χ1n) is 5.08. The summed E-state index contributed by atoms with van der Waals surface area (Å²) < 4.78 is 10.8. The fourth-order valence-electron chi connectivity index (χ4n) is 1.68. The van der Waals surface area contributed by atoms with Gasteiger partial charge in [-0.1, -0.05) is 13.8 Å². The van der Waals surface area contributed by atoms with Gasteiger partial charge >= 0.3 is 0 Å². The second-order valence-corrected chi connectivity index (χ2v) is 3.92. The molecule has 0 saturated carbocycles. The van der Waals surface area contributed by atoms with Crippen LogP contribution in [0.1, 0.15) is 26.7 Å². The van der Waals surface area contributed by atoms with Crippen molar-refractivity contribution in [2.75, 3.05) is 19.8 Å². The molecule has 3 heteroatoms. The molecule has 1 N–H and O–H groups in total. The third kappa shape index (κ3) is 3.63. The van der Waals surface area contributed by atoms with Crippen molar-refractivity contribution >= 4 is 0 Å². The zero-order valence-electron chi connectivity index (χ0n) is 8.53. The van der Waals surface area contributed by atoms with Gasteiger partial charge in [0.05, 0.1) is 13.2 Å². The third-order valence-corrected chi connectivity index (χ3v) is 2.63. The summed E-state index contributed by atoms with van der Waals surface area (Å²) in [6.45, 7) is 6.04. The average molecular weight is 188 g/mol. The van der Waals surface area contributed by atoms with Crippen LogP contribution in [0.5, 0.6) is 0 Å². The largest absolute Gasteiger partial charge is 0.396 e. The van der Waals surface area contributed by atoms with E-state index >= 15 is 0 Å². The molecular formula is C10H20O3. The van der Waals surface area contributed by atoms with Gasteiger partial charge in [-0.15, -0.1) is 0 Å². The second-order valence-electron chi connectivity index (χ2n) is 3.92. The lowest BCUT2D eigenvalue weighted by molar-refractivity contribution is -0.0625. The summed E-state index contributed by atoms with van der Waals surface area (Å²) in [6.07, 6.45) is 1.73. The van der Waals surface area contributed by atoms with E-state index in [0.29, 0.717) is 25.0 Å². The van der Waals surface area contributed by atoms with Crippen LogP contribution in [-0.4, -0.2) is 31.2 Å². The molecular weight excluding hydrogens is 168 g/mol. The Morgan fingerprint density at radius 1 is 1.31 bits per heavy atom. The number of aliphatic hydroxyl groups excluding tert-OH is 1. The van der Waals surface area contributed by atoms with Crippen LogP contribution in [0, 0.1) is 11.8 Å². The average Bonchev–Trinajstić information content (AvgIpc) is 2.56. The lowest BCUT2D eigenvalue weighted by Gasteiger charge is -2.22. The number of rotatable bonds is 5. The Balaban J connectivity index is 2.27. The van der Waals surface area contributed by atoms with E-state index in [2.05, 4.69) is 13.8 Å². The lowest BCUT2D eigenvalue weighted by Crippen LogP contribution is -2.19. The van der Waals surface area contributed by atoms with E-state index in [-0.39, 0.29) is 12.9 Å². The molecule has 0 amide bonds. The van der Waals surface area contributed by atoms with Gasteiger partial charge in [-0.25, -0.2) is 0 Å². The van der Waals surface area contributed by atoms with Crippen molar-refractivity contribution < 1.29 is 14.6 Å². The zero-order chi connectivity index (χ0) is 9.68. The van der Waals surface area contributed by atoms with Gasteiger partial charge in [-0.2, -0.15) is 0 Å². The van der Waals surface area contributed by atoms with E-state index in [1.54, 1.807) is 0 Å². The van der Waals surface area contributed by atoms with Gasteiger partial charge < -0.3 is 14.6 Å². The summed E-state index contributed by atoms with van der Waals surface area (Å²) >= 11 is 0. The maximum Gasteiger partial charge on any atom is 0.158 e. The SMILES string of the molecule is CC(C)C(CCO)CC1OCCO1. The van der Waals surface area contributed by atoms with Crippen molar-refractivity contribution in [2.45, 2.75) is 33.0 Å². The molecule has 0 radical (unpaired) electrons. The summed E-state index contributed by atoms with van der Waals surface area (Å²) in [5.41, 5.74) is 0. The summed E-state index contributed by atoms with van der Waals surface area (Å²) in [4.78, 5) is 0. The van der Waals surface area contributed by atoms with E-state index in [9.17, 15) is 0 Å². The minimum atomic E-state index is -0.0288. The molecule has 0 spiro atoms. The Hall–Kier alpha value is -0.120. The van der Waals surface area contributed by atoms with Crippen LogP contribution in [0.4, 0.5) is 0 Å². The molecule has 78 valence electrons. The van der Waals surface area contributed by atoms with Crippen LogP contribution in [0.15, 0.2) is 0 Å².